The molecule has 0 aliphatic rings. The highest BCUT2D eigenvalue weighted by Gasteiger charge is 2.10. The first-order chi connectivity index (χ1) is 10.0. The fraction of sp³-hybridized carbons (Fsp3) is 0. The quantitative estimate of drug-likeness (QED) is 0.751. The Hall–Kier alpha value is -2.18. The zero-order chi connectivity index (χ0) is 15.0. The predicted molar refractivity (Wildman–Crippen MR) is 83.4 cm³/mol. The van der Waals surface area contributed by atoms with Crippen molar-refractivity contribution >= 4 is 49.9 Å². The number of fused-ring (bicyclic) bond motifs is 1. The van der Waals surface area contributed by atoms with E-state index < -0.39 is 5.82 Å². The highest BCUT2D eigenvalue weighted by atomic mass is 35.5. The van der Waals surface area contributed by atoms with Crippen molar-refractivity contribution < 1.29 is 9.18 Å². The molecule has 3 N–H and O–H groups in total. The zero-order valence-electron chi connectivity index (χ0n) is 10.6. The van der Waals surface area contributed by atoms with Gasteiger partial charge in [-0.3, -0.25) is 4.79 Å². The van der Waals surface area contributed by atoms with Gasteiger partial charge in [0.25, 0.3) is 5.91 Å². The van der Waals surface area contributed by atoms with Crippen molar-refractivity contribution in [2.24, 2.45) is 0 Å². The fourth-order valence-corrected chi connectivity index (χ4v) is 2.75. The van der Waals surface area contributed by atoms with E-state index in [9.17, 15) is 9.18 Å². The first-order valence-corrected chi connectivity index (χ1v) is 7.15. The van der Waals surface area contributed by atoms with Gasteiger partial charge in [-0.1, -0.05) is 22.9 Å². The SMILES string of the molecule is Nc1nc2ccc(C(=O)Nc3ccc(Cl)c(F)c3)cc2s1. The Labute approximate surface area is 128 Å². The Morgan fingerprint density at radius 3 is 2.86 bits per heavy atom. The van der Waals surface area contributed by atoms with Crippen LogP contribution >= 0.6 is 22.9 Å². The summed E-state index contributed by atoms with van der Waals surface area (Å²) >= 11 is 6.90. The average Bonchev–Trinajstić information content (AvgIpc) is 2.82. The molecule has 1 amide bonds. The molecule has 0 aliphatic heterocycles. The van der Waals surface area contributed by atoms with Gasteiger partial charge in [0.15, 0.2) is 5.13 Å². The van der Waals surface area contributed by atoms with Gasteiger partial charge in [-0.2, -0.15) is 0 Å². The molecular formula is C14H9ClFN3OS. The van der Waals surface area contributed by atoms with Gasteiger partial charge in [0.1, 0.15) is 5.82 Å². The van der Waals surface area contributed by atoms with Crippen LogP contribution in [0.3, 0.4) is 0 Å². The molecule has 0 saturated heterocycles. The number of hydrogen-bond acceptors (Lipinski definition) is 4. The summed E-state index contributed by atoms with van der Waals surface area (Å²) in [5, 5.41) is 3.07. The van der Waals surface area contributed by atoms with Gasteiger partial charge in [-0.15, -0.1) is 0 Å². The third kappa shape index (κ3) is 2.81. The summed E-state index contributed by atoms with van der Waals surface area (Å²) in [4.78, 5) is 16.3. The Morgan fingerprint density at radius 1 is 1.29 bits per heavy atom. The maximum absolute atomic E-state index is 13.3. The number of nitrogen functional groups attached to an aromatic ring is 1. The molecule has 0 saturated carbocycles. The first-order valence-electron chi connectivity index (χ1n) is 5.95. The van der Waals surface area contributed by atoms with E-state index in [1.54, 1.807) is 18.2 Å². The third-order valence-corrected chi connectivity index (χ3v) is 4.00. The molecule has 0 radical (unpaired) electrons. The number of carbonyl (C=O) groups is 1. The molecule has 0 bridgehead atoms. The monoisotopic (exact) mass is 321 g/mol. The second kappa shape index (κ2) is 5.31. The van der Waals surface area contributed by atoms with Crippen LogP contribution in [0.25, 0.3) is 10.2 Å². The van der Waals surface area contributed by atoms with E-state index in [4.69, 9.17) is 17.3 Å². The van der Waals surface area contributed by atoms with Crippen LogP contribution in [0.1, 0.15) is 10.4 Å². The summed E-state index contributed by atoms with van der Waals surface area (Å²) < 4.78 is 14.2. The molecule has 21 heavy (non-hydrogen) atoms. The number of anilines is 2. The van der Waals surface area contributed by atoms with E-state index in [1.165, 1.54) is 29.5 Å². The molecular weight excluding hydrogens is 313 g/mol. The van der Waals surface area contributed by atoms with E-state index in [-0.39, 0.29) is 10.9 Å². The van der Waals surface area contributed by atoms with Gasteiger partial charge in [0, 0.05) is 11.3 Å². The Bertz CT molecular complexity index is 849. The molecule has 106 valence electrons. The molecule has 0 unspecified atom stereocenters. The van der Waals surface area contributed by atoms with Crippen LogP contribution in [-0.4, -0.2) is 10.9 Å². The normalized spacial score (nSPS) is 10.8. The molecule has 7 heteroatoms. The lowest BCUT2D eigenvalue weighted by Crippen LogP contribution is -2.11. The topological polar surface area (TPSA) is 68.0 Å². The van der Waals surface area contributed by atoms with E-state index in [2.05, 4.69) is 10.3 Å². The number of nitrogens with zero attached hydrogens (tertiary/aromatic N) is 1. The summed E-state index contributed by atoms with van der Waals surface area (Å²) in [5.74, 6) is -0.925. The molecule has 1 aromatic heterocycles. The van der Waals surface area contributed by atoms with Gasteiger partial charge >= 0.3 is 0 Å². The third-order valence-electron chi connectivity index (χ3n) is 2.84. The number of benzene rings is 2. The minimum absolute atomic E-state index is 0.00885. The summed E-state index contributed by atoms with van der Waals surface area (Å²) in [7, 11) is 0. The lowest BCUT2D eigenvalue weighted by Gasteiger charge is -2.06. The largest absolute Gasteiger partial charge is 0.375 e. The van der Waals surface area contributed by atoms with E-state index in [1.807, 2.05) is 0 Å². The van der Waals surface area contributed by atoms with Gasteiger partial charge in [0.05, 0.1) is 15.2 Å². The summed E-state index contributed by atoms with van der Waals surface area (Å²) in [5.41, 5.74) is 7.15. The van der Waals surface area contributed by atoms with Gasteiger partial charge in [-0.25, -0.2) is 9.37 Å². The Balaban J connectivity index is 1.87. The van der Waals surface area contributed by atoms with Crippen LogP contribution in [0.4, 0.5) is 15.2 Å². The number of amides is 1. The highest BCUT2D eigenvalue weighted by Crippen LogP contribution is 2.25. The minimum atomic E-state index is -0.583. The number of nitrogens with two attached hydrogens (primary N) is 1. The van der Waals surface area contributed by atoms with Crippen LogP contribution in [0, 0.1) is 5.82 Å². The number of halogens is 2. The van der Waals surface area contributed by atoms with E-state index in [0.29, 0.717) is 16.4 Å². The van der Waals surface area contributed by atoms with Gasteiger partial charge in [-0.05, 0) is 36.4 Å². The second-order valence-corrected chi connectivity index (χ2v) is 5.79. The zero-order valence-corrected chi connectivity index (χ0v) is 12.1. The predicted octanol–water partition coefficient (Wildman–Crippen LogP) is 3.92. The maximum atomic E-state index is 13.3. The number of thiazole rings is 1. The molecule has 0 atom stereocenters. The molecule has 0 aliphatic carbocycles. The van der Waals surface area contributed by atoms with Crippen LogP contribution in [0.2, 0.25) is 5.02 Å². The minimum Gasteiger partial charge on any atom is -0.375 e. The highest BCUT2D eigenvalue weighted by molar-refractivity contribution is 7.22. The summed E-state index contributed by atoms with van der Waals surface area (Å²) in [6.07, 6.45) is 0. The lowest BCUT2D eigenvalue weighted by atomic mass is 10.2. The van der Waals surface area contributed by atoms with Gasteiger partial charge in [0.2, 0.25) is 0 Å². The summed E-state index contributed by atoms with van der Waals surface area (Å²) in [6.45, 7) is 0. The Kier molecular flexibility index (Phi) is 3.48. The van der Waals surface area contributed by atoms with Crippen LogP contribution in [0.15, 0.2) is 36.4 Å². The number of carbonyl (C=O) groups excluding carboxylic acids is 1. The van der Waals surface area contributed by atoms with Crippen molar-refractivity contribution in [3.8, 4) is 0 Å². The van der Waals surface area contributed by atoms with Crippen LogP contribution < -0.4 is 11.1 Å². The summed E-state index contributed by atoms with van der Waals surface area (Å²) in [6, 6.07) is 9.16. The fourth-order valence-electron chi connectivity index (χ4n) is 1.86. The average molecular weight is 322 g/mol. The molecule has 2 aromatic carbocycles. The van der Waals surface area contributed by atoms with Crippen molar-refractivity contribution in [3.05, 3.63) is 52.8 Å². The van der Waals surface area contributed by atoms with Gasteiger partial charge < -0.3 is 11.1 Å². The number of nitrogens with one attached hydrogen (secondary N) is 1. The molecule has 0 spiro atoms. The lowest BCUT2D eigenvalue weighted by molar-refractivity contribution is 0.102. The molecule has 1 heterocycles. The number of aromatic nitrogens is 1. The van der Waals surface area contributed by atoms with Crippen LogP contribution in [-0.2, 0) is 0 Å². The van der Waals surface area contributed by atoms with Crippen molar-refractivity contribution in [1.82, 2.24) is 4.98 Å². The van der Waals surface area contributed by atoms with Crippen molar-refractivity contribution in [2.45, 2.75) is 0 Å². The number of rotatable bonds is 2. The van der Waals surface area contributed by atoms with E-state index in [0.717, 1.165) is 10.2 Å². The molecule has 0 fully saturated rings. The van der Waals surface area contributed by atoms with Crippen molar-refractivity contribution in [2.75, 3.05) is 11.1 Å². The molecule has 3 aromatic rings. The van der Waals surface area contributed by atoms with Crippen molar-refractivity contribution in [1.29, 1.82) is 0 Å². The van der Waals surface area contributed by atoms with Crippen molar-refractivity contribution in [3.63, 3.8) is 0 Å². The Morgan fingerprint density at radius 2 is 2.10 bits per heavy atom. The first kappa shape index (κ1) is 13.8. The maximum Gasteiger partial charge on any atom is 0.255 e. The smallest absolute Gasteiger partial charge is 0.255 e. The van der Waals surface area contributed by atoms with Crippen LogP contribution in [0.5, 0.6) is 0 Å². The molecule has 3 rings (SSSR count). The second-order valence-electron chi connectivity index (χ2n) is 4.32. The molecule has 4 nitrogen and oxygen atoms in total. The standard InChI is InChI=1S/C14H9ClFN3OS/c15-9-3-2-8(6-10(9)16)18-13(20)7-1-4-11-12(5-7)21-14(17)19-11/h1-6H,(H2,17,19)(H,18,20). The number of hydrogen-bond donors (Lipinski definition) is 2. The van der Waals surface area contributed by atoms with E-state index >= 15 is 0 Å².